The van der Waals surface area contributed by atoms with Gasteiger partial charge in [0, 0.05) is 20.8 Å². The average Bonchev–Trinajstić information content (AvgIpc) is 2.41. The summed E-state index contributed by atoms with van der Waals surface area (Å²) in [6.45, 7) is 6.25. The van der Waals surface area contributed by atoms with Crippen LogP contribution in [0.1, 0.15) is 19.4 Å². The highest BCUT2D eigenvalue weighted by atomic mass is 79.9. The molecule has 4 heteroatoms. The summed E-state index contributed by atoms with van der Waals surface area (Å²) in [7, 11) is 0. The van der Waals surface area contributed by atoms with Gasteiger partial charge >= 0.3 is 0 Å². The van der Waals surface area contributed by atoms with Crippen LogP contribution in [0, 0.1) is 11.7 Å². The summed E-state index contributed by atoms with van der Waals surface area (Å²) in [5.41, 5.74) is 1.24. The van der Waals surface area contributed by atoms with E-state index in [0.29, 0.717) is 5.92 Å². The van der Waals surface area contributed by atoms with E-state index < -0.39 is 0 Å². The maximum absolute atomic E-state index is 13.2. The minimum atomic E-state index is -0.200. The van der Waals surface area contributed by atoms with Crippen LogP contribution < -0.4 is 5.32 Å². The summed E-state index contributed by atoms with van der Waals surface area (Å²) in [6.07, 6.45) is 0. The molecule has 0 amide bonds. The van der Waals surface area contributed by atoms with E-state index in [0.717, 1.165) is 27.4 Å². The first-order chi connectivity index (χ1) is 10.0. The van der Waals surface area contributed by atoms with Gasteiger partial charge in [0.05, 0.1) is 0 Å². The average molecular weight is 368 g/mol. The second kappa shape index (κ2) is 7.97. The molecule has 1 N–H and O–H groups in total. The molecule has 0 saturated carbocycles. The second-order valence-corrected chi connectivity index (χ2v) is 7.34. The van der Waals surface area contributed by atoms with E-state index in [9.17, 15) is 4.39 Å². The predicted molar refractivity (Wildman–Crippen MR) is 91.2 cm³/mol. The third-order valence-electron chi connectivity index (χ3n) is 2.92. The molecule has 0 aliphatic rings. The molecule has 0 fully saturated rings. The van der Waals surface area contributed by atoms with Crippen molar-refractivity contribution >= 4 is 27.7 Å². The number of halogens is 2. The van der Waals surface area contributed by atoms with Crippen LogP contribution in [0.2, 0.25) is 0 Å². The van der Waals surface area contributed by atoms with Gasteiger partial charge in [-0.15, -0.1) is 0 Å². The van der Waals surface area contributed by atoms with Gasteiger partial charge in [0.1, 0.15) is 5.82 Å². The first kappa shape index (κ1) is 16.5. The molecule has 1 nitrogen and oxygen atoms in total. The topological polar surface area (TPSA) is 12.0 Å². The largest absolute Gasteiger partial charge is 0.312 e. The first-order valence-corrected chi connectivity index (χ1v) is 8.58. The highest BCUT2D eigenvalue weighted by Crippen LogP contribution is 2.31. The fraction of sp³-hybridized carbons (Fsp3) is 0.294. The van der Waals surface area contributed by atoms with Gasteiger partial charge < -0.3 is 5.32 Å². The van der Waals surface area contributed by atoms with Crippen LogP contribution in [0.15, 0.2) is 56.7 Å². The van der Waals surface area contributed by atoms with Gasteiger partial charge in [-0.25, -0.2) is 4.39 Å². The molecule has 0 aromatic heterocycles. The van der Waals surface area contributed by atoms with Crippen LogP contribution in [0.25, 0.3) is 0 Å². The Morgan fingerprint density at radius 3 is 2.57 bits per heavy atom. The van der Waals surface area contributed by atoms with Gasteiger partial charge in [0.15, 0.2) is 0 Å². The van der Waals surface area contributed by atoms with Gasteiger partial charge in [-0.2, -0.15) is 0 Å². The summed E-state index contributed by atoms with van der Waals surface area (Å²) >= 11 is 5.18. The number of benzene rings is 2. The van der Waals surface area contributed by atoms with Gasteiger partial charge in [0.2, 0.25) is 0 Å². The van der Waals surface area contributed by atoms with Crippen molar-refractivity contribution < 1.29 is 4.39 Å². The summed E-state index contributed by atoms with van der Waals surface area (Å²) in [5.74, 6) is 0.445. The van der Waals surface area contributed by atoms with Crippen molar-refractivity contribution in [2.45, 2.75) is 30.2 Å². The fourth-order valence-electron chi connectivity index (χ4n) is 1.90. The van der Waals surface area contributed by atoms with E-state index in [2.05, 4.69) is 53.3 Å². The van der Waals surface area contributed by atoms with Crippen LogP contribution >= 0.6 is 27.7 Å². The summed E-state index contributed by atoms with van der Waals surface area (Å²) in [6, 6.07) is 12.9. The smallest absolute Gasteiger partial charge is 0.124 e. The summed E-state index contributed by atoms with van der Waals surface area (Å²) in [4.78, 5) is 2.01. The molecule has 2 rings (SSSR count). The molecule has 21 heavy (non-hydrogen) atoms. The maximum atomic E-state index is 13.2. The third-order valence-corrected chi connectivity index (χ3v) is 4.64. The lowest BCUT2D eigenvalue weighted by Crippen LogP contribution is -2.19. The Bertz CT molecular complexity index is 601. The zero-order valence-electron chi connectivity index (χ0n) is 12.2. The highest BCUT2D eigenvalue weighted by Gasteiger charge is 2.04. The Hall–Kier alpha value is -0.840. The zero-order valence-corrected chi connectivity index (χ0v) is 14.6. The number of rotatable bonds is 6. The normalized spacial score (nSPS) is 11.1. The Balaban J connectivity index is 2.01. The maximum Gasteiger partial charge on any atom is 0.124 e. The number of hydrogen-bond acceptors (Lipinski definition) is 2. The molecule has 0 aliphatic carbocycles. The van der Waals surface area contributed by atoms with Crippen molar-refractivity contribution in [1.29, 1.82) is 0 Å². The molecule has 0 unspecified atom stereocenters. The van der Waals surface area contributed by atoms with E-state index in [1.165, 1.54) is 11.6 Å². The molecule has 0 heterocycles. The Morgan fingerprint density at radius 1 is 1.14 bits per heavy atom. The molecular formula is C17H19BrFNS. The Labute approximate surface area is 138 Å². The molecule has 0 aliphatic heterocycles. The predicted octanol–water partition coefficient (Wildman–Crippen LogP) is 5.49. The molecule has 0 spiro atoms. The summed E-state index contributed by atoms with van der Waals surface area (Å²) < 4.78 is 14.3. The van der Waals surface area contributed by atoms with Crippen LogP contribution in [0.3, 0.4) is 0 Å². The van der Waals surface area contributed by atoms with Gasteiger partial charge in [-0.1, -0.05) is 53.7 Å². The van der Waals surface area contributed by atoms with Crippen LogP contribution in [0.5, 0.6) is 0 Å². The second-order valence-electron chi connectivity index (χ2n) is 5.34. The van der Waals surface area contributed by atoms with Crippen molar-refractivity contribution in [3.63, 3.8) is 0 Å². The van der Waals surface area contributed by atoms with Crippen molar-refractivity contribution in [1.82, 2.24) is 5.32 Å². The SMILES string of the molecule is CC(C)CNCc1ccc(Sc2cccc(F)c2)cc1Br. The van der Waals surface area contributed by atoms with Crippen molar-refractivity contribution in [2.75, 3.05) is 6.54 Å². The van der Waals surface area contributed by atoms with E-state index in [4.69, 9.17) is 0 Å². The zero-order chi connectivity index (χ0) is 15.2. The lowest BCUT2D eigenvalue weighted by Gasteiger charge is -2.10. The highest BCUT2D eigenvalue weighted by molar-refractivity contribution is 9.10. The Morgan fingerprint density at radius 2 is 1.90 bits per heavy atom. The third kappa shape index (κ3) is 5.46. The van der Waals surface area contributed by atoms with Crippen LogP contribution in [0.4, 0.5) is 4.39 Å². The molecule has 112 valence electrons. The molecule has 0 radical (unpaired) electrons. The van der Waals surface area contributed by atoms with Gasteiger partial charge in [-0.3, -0.25) is 0 Å². The molecule has 2 aromatic carbocycles. The summed E-state index contributed by atoms with van der Waals surface area (Å²) in [5, 5.41) is 3.43. The van der Waals surface area contributed by atoms with Crippen molar-refractivity contribution in [2.24, 2.45) is 5.92 Å². The van der Waals surface area contributed by atoms with E-state index in [1.807, 2.05) is 6.07 Å². The van der Waals surface area contributed by atoms with Crippen LogP contribution in [-0.4, -0.2) is 6.54 Å². The monoisotopic (exact) mass is 367 g/mol. The minimum Gasteiger partial charge on any atom is -0.312 e. The lowest BCUT2D eigenvalue weighted by atomic mass is 10.2. The molecule has 0 bridgehead atoms. The number of hydrogen-bond donors (Lipinski definition) is 1. The molecular weight excluding hydrogens is 349 g/mol. The van der Waals surface area contributed by atoms with E-state index >= 15 is 0 Å². The fourth-order valence-corrected chi connectivity index (χ4v) is 3.47. The van der Waals surface area contributed by atoms with Gasteiger partial charge in [-0.05, 0) is 48.4 Å². The van der Waals surface area contributed by atoms with Crippen molar-refractivity contribution in [3.8, 4) is 0 Å². The quantitative estimate of drug-likeness (QED) is 0.724. The van der Waals surface area contributed by atoms with E-state index in [1.54, 1.807) is 23.9 Å². The lowest BCUT2D eigenvalue weighted by molar-refractivity contribution is 0.551. The van der Waals surface area contributed by atoms with Crippen molar-refractivity contribution in [3.05, 3.63) is 58.3 Å². The number of nitrogens with one attached hydrogen (secondary N) is 1. The Kier molecular flexibility index (Phi) is 6.27. The minimum absolute atomic E-state index is 0.200. The standard InChI is InChI=1S/C17H19BrFNS/c1-12(2)10-20-11-13-6-7-16(9-17(13)18)21-15-5-3-4-14(19)8-15/h3-9,12,20H,10-11H2,1-2H3. The van der Waals surface area contributed by atoms with Crippen LogP contribution in [-0.2, 0) is 6.54 Å². The van der Waals surface area contributed by atoms with Gasteiger partial charge in [0.25, 0.3) is 0 Å². The molecule has 0 atom stereocenters. The van der Waals surface area contributed by atoms with E-state index in [-0.39, 0.29) is 5.82 Å². The molecule has 2 aromatic rings. The first-order valence-electron chi connectivity index (χ1n) is 6.97. The molecule has 0 saturated heterocycles.